The highest BCUT2D eigenvalue weighted by Gasteiger charge is 2.00. The van der Waals surface area contributed by atoms with Crippen LogP contribution < -0.4 is 11.1 Å². The molecule has 0 bridgehead atoms. The topological polar surface area (TPSA) is 50.9 Å². The minimum Gasteiger partial charge on any atom is -0.398 e. The van der Waals surface area contributed by atoms with Crippen molar-refractivity contribution in [3.63, 3.8) is 0 Å². The number of nitrogens with two attached hydrogens (primary N) is 1. The summed E-state index contributed by atoms with van der Waals surface area (Å²) < 4.78 is 0. The van der Waals surface area contributed by atoms with Crippen LogP contribution in [0.4, 0.5) is 11.5 Å². The van der Waals surface area contributed by atoms with Gasteiger partial charge in [0.1, 0.15) is 11.0 Å². The van der Waals surface area contributed by atoms with Crippen molar-refractivity contribution in [2.75, 3.05) is 11.1 Å². The van der Waals surface area contributed by atoms with Gasteiger partial charge >= 0.3 is 0 Å². The van der Waals surface area contributed by atoms with E-state index in [1.807, 2.05) is 23.6 Å². The van der Waals surface area contributed by atoms with Crippen LogP contribution in [0.2, 0.25) is 5.15 Å². The van der Waals surface area contributed by atoms with Gasteiger partial charge in [0.15, 0.2) is 0 Å². The van der Waals surface area contributed by atoms with Crippen LogP contribution in [0.15, 0.2) is 29.6 Å². The molecule has 0 spiro atoms. The van der Waals surface area contributed by atoms with E-state index in [0.717, 1.165) is 16.4 Å². The maximum absolute atomic E-state index is 5.76. The average molecular weight is 240 g/mol. The summed E-state index contributed by atoms with van der Waals surface area (Å²) in [5, 5.41) is 5.62. The van der Waals surface area contributed by atoms with Crippen LogP contribution in [0.1, 0.15) is 4.88 Å². The number of rotatable bonds is 3. The quantitative estimate of drug-likeness (QED) is 0.810. The normalized spacial score (nSPS) is 10.2. The van der Waals surface area contributed by atoms with Crippen molar-refractivity contribution in [2.45, 2.75) is 6.54 Å². The number of pyridine rings is 1. The van der Waals surface area contributed by atoms with Crippen molar-refractivity contribution in [1.82, 2.24) is 4.98 Å². The van der Waals surface area contributed by atoms with Gasteiger partial charge in [0.05, 0.1) is 6.54 Å². The molecule has 2 aromatic rings. The van der Waals surface area contributed by atoms with Crippen molar-refractivity contribution in [3.05, 3.63) is 39.7 Å². The molecule has 15 heavy (non-hydrogen) atoms. The van der Waals surface area contributed by atoms with Crippen molar-refractivity contribution in [3.8, 4) is 0 Å². The largest absolute Gasteiger partial charge is 0.398 e. The van der Waals surface area contributed by atoms with Crippen molar-refractivity contribution in [1.29, 1.82) is 0 Å². The predicted molar refractivity (Wildman–Crippen MR) is 65.3 cm³/mol. The molecule has 0 fully saturated rings. The first-order valence-electron chi connectivity index (χ1n) is 4.44. The van der Waals surface area contributed by atoms with E-state index in [-0.39, 0.29) is 0 Å². The number of nitrogens with zero attached hydrogens (tertiary/aromatic N) is 1. The molecule has 78 valence electrons. The maximum Gasteiger partial charge on any atom is 0.131 e. The Morgan fingerprint density at radius 1 is 1.40 bits per heavy atom. The highest BCUT2D eigenvalue weighted by molar-refractivity contribution is 7.10. The summed E-state index contributed by atoms with van der Waals surface area (Å²) >= 11 is 7.39. The van der Waals surface area contributed by atoms with Gasteiger partial charge in [-0.25, -0.2) is 4.98 Å². The SMILES string of the molecule is Nc1ccsc1CNc1cccc(Cl)n1. The number of hydrogen-bond donors (Lipinski definition) is 2. The highest BCUT2D eigenvalue weighted by Crippen LogP contribution is 2.20. The summed E-state index contributed by atoms with van der Waals surface area (Å²) in [4.78, 5) is 5.23. The zero-order chi connectivity index (χ0) is 10.7. The number of nitrogens with one attached hydrogen (secondary N) is 1. The molecule has 0 aromatic carbocycles. The lowest BCUT2D eigenvalue weighted by atomic mass is 10.4. The summed E-state index contributed by atoms with van der Waals surface area (Å²) in [7, 11) is 0. The van der Waals surface area contributed by atoms with Gasteiger partial charge in [-0.3, -0.25) is 0 Å². The fraction of sp³-hybridized carbons (Fsp3) is 0.100. The van der Waals surface area contributed by atoms with E-state index in [9.17, 15) is 0 Å². The first kappa shape index (κ1) is 10.3. The van der Waals surface area contributed by atoms with Crippen LogP contribution in [0.3, 0.4) is 0 Å². The molecule has 0 atom stereocenters. The van der Waals surface area contributed by atoms with Gasteiger partial charge < -0.3 is 11.1 Å². The third-order valence-electron chi connectivity index (χ3n) is 1.93. The summed E-state index contributed by atoms with van der Waals surface area (Å²) in [5.74, 6) is 0.760. The fourth-order valence-corrected chi connectivity index (χ4v) is 2.07. The summed E-state index contributed by atoms with van der Waals surface area (Å²) in [6.45, 7) is 0.677. The summed E-state index contributed by atoms with van der Waals surface area (Å²) in [6, 6.07) is 7.37. The number of hydrogen-bond acceptors (Lipinski definition) is 4. The molecule has 5 heteroatoms. The third-order valence-corrected chi connectivity index (χ3v) is 3.07. The van der Waals surface area contributed by atoms with Crippen molar-refractivity contribution in [2.24, 2.45) is 0 Å². The van der Waals surface area contributed by atoms with Crippen LogP contribution in [-0.4, -0.2) is 4.98 Å². The standard InChI is InChI=1S/C10H10ClN3S/c11-9-2-1-3-10(14-9)13-6-8-7(12)4-5-15-8/h1-5H,6,12H2,(H,13,14). The van der Waals surface area contributed by atoms with E-state index in [1.54, 1.807) is 17.4 Å². The Kier molecular flexibility index (Phi) is 3.08. The predicted octanol–water partition coefficient (Wildman–Crippen LogP) is 2.99. The van der Waals surface area contributed by atoms with E-state index in [4.69, 9.17) is 17.3 Å². The Balaban J connectivity index is 2.02. The maximum atomic E-state index is 5.76. The highest BCUT2D eigenvalue weighted by atomic mass is 35.5. The zero-order valence-electron chi connectivity index (χ0n) is 7.90. The zero-order valence-corrected chi connectivity index (χ0v) is 9.48. The molecule has 2 heterocycles. The molecule has 0 radical (unpaired) electrons. The Labute approximate surface area is 96.9 Å². The van der Waals surface area contributed by atoms with Gasteiger partial charge in [-0.15, -0.1) is 11.3 Å². The van der Waals surface area contributed by atoms with E-state index in [2.05, 4.69) is 10.3 Å². The molecule has 3 N–H and O–H groups in total. The second kappa shape index (κ2) is 4.51. The Hall–Kier alpha value is -1.26. The van der Waals surface area contributed by atoms with E-state index in [1.165, 1.54) is 0 Å². The van der Waals surface area contributed by atoms with E-state index in [0.29, 0.717) is 11.7 Å². The lowest BCUT2D eigenvalue weighted by Crippen LogP contribution is -2.01. The first-order valence-corrected chi connectivity index (χ1v) is 5.70. The molecule has 0 saturated heterocycles. The van der Waals surface area contributed by atoms with E-state index >= 15 is 0 Å². The number of thiophene rings is 1. The lowest BCUT2D eigenvalue weighted by molar-refractivity contribution is 1.14. The molecule has 0 saturated carbocycles. The molecule has 0 aliphatic rings. The second-order valence-electron chi connectivity index (χ2n) is 3.00. The number of halogens is 1. The summed E-state index contributed by atoms with van der Waals surface area (Å²) in [5.41, 5.74) is 6.57. The van der Waals surface area contributed by atoms with Gasteiger partial charge in [0.25, 0.3) is 0 Å². The minimum absolute atomic E-state index is 0.485. The fourth-order valence-electron chi connectivity index (χ4n) is 1.17. The van der Waals surface area contributed by atoms with Crippen LogP contribution in [-0.2, 0) is 6.54 Å². The van der Waals surface area contributed by atoms with Crippen molar-refractivity contribution >= 4 is 34.4 Å². The van der Waals surface area contributed by atoms with Crippen LogP contribution >= 0.6 is 22.9 Å². The average Bonchev–Trinajstić information content (AvgIpc) is 2.61. The number of aromatic nitrogens is 1. The molecular formula is C10H10ClN3S. The van der Waals surface area contributed by atoms with Gasteiger partial charge in [-0.2, -0.15) is 0 Å². The van der Waals surface area contributed by atoms with Crippen LogP contribution in [0, 0.1) is 0 Å². The molecular weight excluding hydrogens is 230 g/mol. The summed E-state index contributed by atoms with van der Waals surface area (Å²) in [6.07, 6.45) is 0. The molecule has 0 aliphatic carbocycles. The second-order valence-corrected chi connectivity index (χ2v) is 4.39. The van der Waals surface area contributed by atoms with E-state index < -0.39 is 0 Å². The number of anilines is 2. The third kappa shape index (κ3) is 2.61. The lowest BCUT2D eigenvalue weighted by Gasteiger charge is -2.04. The Morgan fingerprint density at radius 2 is 2.27 bits per heavy atom. The first-order chi connectivity index (χ1) is 7.25. The monoisotopic (exact) mass is 239 g/mol. The molecule has 3 nitrogen and oxygen atoms in total. The smallest absolute Gasteiger partial charge is 0.131 e. The van der Waals surface area contributed by atoms with Crippen molar-refractivity contribution < 1.29 is 0 Å². The van der Waals surface area contributed by atoms with Gasteiger partial charge in [0, 0.05) is 10.6 Å². The van der Waals surface area contributed by atoms with Crippen LogP contribution in [0.25, 0.3) is 0 Å². The molecule has 2 rings (SSSR count). The molecule has 0 unspecified atom stereocenters. The Bertz CT molecular complexity index is 455. The molecule has 2 aromatic heterocycles. The van der Waals surface area contributed by atoms with Gasteiger partial charge in [-0.05, 0) is 23.6 Å². The van der Waals surface area contributed by atoms with Gasteiger partial charge in [-0.1, -0.05) is 17.7 Å². The minimum atomic E-state index is 0.485. The molecule has 0 amide bonds. The van der Waals surface area contributed by atoms with Gasteiger partial charge in [0.2, 0.25) is 0 Å². The Morgan fingerprint density at radius 3 is 2.93 bits per heavy atom. The number of nitrogen functional groups attached to an aromatic ring is 1. The van der Waals surface area contributed by atoms with Crippen LogP contribution in [0.5, 0.6) is 0 Å². The molecule has 0 aliphatic heterocycles.